The Morgan fingerprint density at radius 3 is 2.55 bits per heavy atom. The van der Waals surface area contributed by atoms with Crippen LogP contribution in [-0.4, -0.2) is 42.6 Å². The highest BCUT2D eigenvalue weighted by atomic mass is 16.4. The third-order valence-corrected chi connectivity index (χ3v) is 3.24. The van der Waals surface area contributed by atoms with Crippen LogP contribution < -0.4 is 11.1 Å². The SMILES string of the molecule is CC(CCN(C)C)NC(CC(N)=NO)c1ccccc1. The number of benzene rings is 1. The number of nitrogens with zero attached hydrogens (tertiary/aromatic N) is 2. The second-order valence-electron chi connectivity index (χ2n) is 5.42. The van der Waals surface area contributed by atoms with Gasteiger partial charge in [-0.05, 0) is 39.5 Å². The Morgan fingerprint density at radius 2 is 2.00 bits per heavy atom. The van der Waals surface area contributed by atoms with Gasteiger partial charge >= 0.3 is 0 Å². The van der Waals surface area contributed by atoms with Gasteiger partial charge in [-0.25, -0.2) is 0 Å². The number of nitrogens with two attached hydrogens (primary N) is 1. The summed E-state index contributed by atoms with van der Waals surface area (Å²) in [6, 6.07) is 10.5. The molecule has 4 N–H and O–H groups in total. The molecule has 5 heteroatoms. The molecule has 112 valence electrons. The van der Waals surface area contributed by atoms with Gasteiger partial charge in [-0.15, -0.1) is 0 Å². The summed E-state index contributed by atoms with van der Waals surface area (Å²) in [7, 11) is 4.13. The van der Waals surface area contributed by atoms with E-state index in [-0.39, 0.29) is 11.9 Å². The lowest BCUT2D eigenvalue weighted by atomic mass is 10.0. The summed E-state index contributed by atoms with van der Waals surface area (Å²) in [6.45, 7) is 3.19. The average Bonchev–Trinajstić information content (AvgIpc) is 2.45. The van der Waals surface area contributed by atoms with E-state index in [9.17, 15) is 0 Å². The standard InChI is InChI=1S/C15H26N4O/c1-12(9-10-19(2)3)17-14(11-15(16)18-20)13-7-5-4-6-8-13/h4-8,12,14,17,20H,9-11H2,1-3H3,(H2,16,18). The van der Waals surface area contributed by atoms with Crippen molar-refractivity contribution in [2.75, 3.05) is 20.6 Å². The highest BCUT2D eigenvalue weighted by molar-refractivity contribution is 5.80. The first-order valence-corrected chi connectivity index (χ1v) is 6.95. The Bertz CT molecular complexity index is 406. The van der Waals surface area contributed by atoms with Crippen molar-refractivity contribution in [1.82, 2.24) is 10.2 Å². The minimum atomic E-state index is 0.0595. The Morgan fingerprint density at radius 1 is 1.35 bits per heavy atom. The molecule has 1 aromatic rings. The molecule has 1 rings (SSSR count). The molecule has 0 aliphatic heterocycles. The fourth-order valence-electron chi connectivity index (χ4n) is 2.09. The van der Waals surface area contributed by atoms with E-state index in [1.165, 1.54) is 0 Å². The highest BCUT2D eigenvalue weighted by Crippen LogP contribution is 2.17. The summed E-state index contributed by atoms with van der Waals surface area (Å²) >= 11 is 0. The molecule has 5 nitrogen and oxygen atoms in total. The number of rotatable bonds is 8. The van der Waals surface area contributed by atoms with Gasteiger partial charge in [0.25, 0.3) is 0 Å². The van der Waals surface area contributed by atoms with Crippen LogP contribution in [0.15, 0.2) is 35.5 Å². The zero-order valence-electron chi connectivity index (χ0n) is 12.6. The summed E-state index contributed by atoms with van der Waals surface area (Å²) in [5, 5.41) is 15.4. The molecule has 0 spiro atoms. The molecule has 0 aliphatic rings. The Kier molecular flexibility index (Phi) is 7.04. The smallest absolute Gasteiger partial charge is 0.141 e. The van der Waals surface area contributed by atoms with Crippen LogP contribution in [0.2, 0.25) is 0 Å². The average molecular weight is 278 g/mol. The predicted octanol–water partition coefficient (Wildman–Crippen LogP) is 1.79. The summed E-state index contributed by atoms with van der Waals surface area (Å²) in [5.74, 6) is 0.242. The fourth-order valence-corrected chi connectivity index (χ4v) is 2.09. The molecule has 0 aliphatic carbocycles. The van der Waals surface area contributed by atoms with Crippen LogP contribution in [0.1, 0.15) is 31.4 Å². The van der Waals surface area contributed by atoms with E-state index in [1.54, 1.807) is 0 Å². The molecule has 0 saturated carbocycles. The minimum absolute atomic E-state index is 0.0595. The van der Waals surface area contributed by atoms with Crippen LogP contribution in [0.3, 0.4) is 0 Å². The van der Waals surface area contributed by atoms with Crippen molar-refractivity contribution in [2.24, 2.45) is 10.9 Å². The third kappa shape index (κ3) is 6.04. The van der Waals surface area contributed by atoms with E-state index in [4.69, 9.17) is 10.9 Å². The summed E-state index contributed by atoms with van der Waals surface area (Å²) < 4.78 is 0. The Balaban J connectivity index is 2.68. The summed E-state index contributed by atoms with van der Waals surface area (Å²) in [5.41, 5.74) is 6.81. The van der Waals surface area contributed by atoms with Crippen LogP contribution in [0.4, 0.5) is 0 Å². The molecule has 0 bridgehead atoms. The van der Waals surface area contributed by atoms with E-state index in [1.807, 2.05) is 18.2 Å². The number of nitrogens with one attached hydrogen (secondary N) is 1. The van der Waals surface area contributed by atoms with Gasteiger partial charge in [0.05, 0.1) is 0 Å². The van der Waals surface area contributed by atoms with Crippen LogP contribution in [-0.2, 0) is 0 Å². The summed E-state index contributed by atoms with van der Waals surface area (Å²) in [6.07, 6.45) is 1.54. The molecule has 0 aromatic heterocycles. The van der Waals surface area contributed by atoms with Gasteiger partial charge < -0.3 is 21.2 Å². The maximum Gasteiger partial charge on any atom is 0.141 e. The van der Waals surface area contributed by atoms with Crippen molar-refractivity contribution in [3.05, 3.63) is 35.9 Å². The van der Waals surface area contributed by atoms with Gasteiger partial charge in [0.1, 0.15) is 5.84 Å². The van der Waals surface area contributed by atoms with Gasteiger partial charge in [0.2, 0.25) is 0 Å². The maximum absolute atomic E-state index is 8.77. The quantitative estimate of drug-likeness (QED) is 0.293. The molecule has 1 aromatic carbocycles. The van der Waals surface area contributed by atoms with Gasteiger partial charge in [-0.2, -0.15) is 0 Å². The van der Waals surface area contributed by atoms with Crippen molar-refractivity contribution in [1.29, 1.82) is 0 Å². The highest BCUT2D eigenvalue weighted by Gasteiger charge is 2.16. The molecule has 0 heterocycles. The van der Waals surface area contributed by atoms with E-state index in [0.717, 1.165) is 18.5 Å². The summed E-state index contributed by atoms with van der Waals surface area (Å²) in [4.78, 5) is 2.17. The van der Waals surface area contributed by atoms with Crippen molar-refractivity contribution < 1.29 is 5.21 Å². The molecule has 20 heavy (non-hydrogen) atoms. The van der Waals surface area contributed by atoms with Gasteiger partial charge in [0.15, 0.2) is 0 Å². The molecule has 2 atom stereocenters. The molecule has 0 fully saturated rings. The predicted molar refractivity (Wildman–Crippen MR) is 83.0 cm³/mol. The van der Waals surface area contributed by atoms with E-state index < -0.39 is 0 Å². The van der Waals surface area contributed by atoms with Crippen LogP contribution >= 0.6 is 0 Å². The van der Waals surface area contributed by atoms with Gasteiger partial charge in [-0.3, -0.25) is 0 Å². The lowest BCUT2D eigenvalue weighted by molar-refractivity contribution is 0.314. The van der Waals surface area contributed by atoms with Gasteiger partial charge in [0, 0.05) is 18.5 Å². The molecule has 0 saturated heterocycles. The number of hydrogen-bond donors (Lipinski definition) is 3. The minimum Gasteiger partial charge on any atom is -0.409 e. The van der Waals surface area contributed by atoms with Crippen molar-refractivity contribution >= 4 is 5.84 Å². The number of amidine groups is 1. The van der Waals surface area contributed by atoms with Crippen LogP contribution in [0.5, 0.6) is 0 Å². The normalized spacial score (nSPS) is 15.3. The third-order valence-electron chi connectivity index (χ3n) is 3.24. The Hall–Kier alpha value is -1.59. The second kappa shape index (κ2) is 8.55. The Labute approximate surface area is 121 Å². The van der Waals surface area contributed by atoms with Crippen molar-refractivity contribution in [2.45, 2.75) is 31.8 Å². The molecule has 0 amide bonds. The van der Waals surface area contributed by atoms with E-state index in [0.29, 0.717) is 12.5 Å². The first kappa shape index (κ1) is 16.5. The number of oxime groups is 1. The molecular formula is C15H26N4O. The molecule has 2 unspecified atom stereocenters. The maximum atomic E-state index is 8.77. The lowest BCUT2D eigenvalue weighted by Crippen LogP contribution is -2.35. The zero-order chi connectivity index (χ0) is 15.0. The largest absolute Gasteiger partial charge is 0.409 e. The zero-order valence-corrected chi connectivity index (χ0v) is 12.6. The van der Waals surface area contributed by atoms with E-state index in [2.05, 4.69) is 48.5 Å². The monoisotopic (exact) mass is 278 g/mol. The topological polar surface area (TPSA) is 73.9 Å². The first-order chi connectivity index (χ1) is 9.52. The van der Waals surface area contributed by atoms with Crippen molar-refractivity contribution in [3.8, 4) is 0 Å². The number of hydrogen-bond acceptors (Lipinski definition) is 4. The fraction of sp³-hybridized carbons (Fsp3) is 0.533. The first-order valence-electron chi connectivity index (χ1n) is 6.95. The van der Waals surface area contributed by atoms with Crippen LogP contribution in [0, 0.1) is 0 Å². The van der Waals surface area contributed by atoms with Gasteiger partial charge in [-0.1, -0.05) is 35.5 Å². The van der Waals surface area contributed by atoms with Crippen LogP contribution in [0.25, 0.3) is 0 Å². The lowest BCUT2D eigenvalue weighted by Gasteiger charge is -2.24. The molecular weight excluding hydrogens is 252 g/mol. The molecule has 0 radical (unpaired) electrons. The van der Waals surface area contributed by atoms with Crippen molar-refractivity contribution in [3.63, 3.8) is 0 Å². The second-order valence-corrected chi connectivity index (χ2v) is 5.42. The van der Waals surface area contributed by atoms with E-state index >= 15 is 0 Å².